The molecule has 4 rings (SSSR count). The Balaban J connectivity index is 1.60. The van der Waals surface area contributed by atoms with Gasteiger partial charge in [-0.2, -0.15) is 0 Å². The standard InChI is InChI=1S/C27H34N4O2S/c1-30(2)14-4-6-20-16-21-17-22(29-26(28)25-7-5-15-34-25)10-13-24(21)31(27(20)32)18-19-8-11-23(33-3)12-9-19/h5,8-13,15,17,20,25H,4,6-7,14,16,18H2,1-3H3,(H2,28,29). The predicted octanol–water partition coefficient (Wildman–Crippen LogP) is 4.75. The average molecular weight is 479 g/mol. The van der Waals surface area contributed by atoms with Gasteiger partial charge in [-0.15, -0.1) is 11.8 Å². The van der Waals surface area contributed by atoms with Crippen molar-refractivity contribution in [3.63, 3.8) is 0 Å². The maximum absolute atomic E-state index is 13.6. The minimum Gasteiger partial charge on any atom is -0.497 e. The smallest absolute Gasteiger partial charge is 0.230 e. The van der Waals surface area contributed by atoms with E-state index in [0.29, 0.717) is 12.4 Å². The van der Waals surface area contributed by atoms with Crippen molar-refractivity contribution in [1.29, 1.82) is 0 Å². The van der Waals surface area contributed by atoms with E-state index in [1.54, 1.807) is 18.9 Å². The molecular weight excluding hydrogens is 444 g/mol. The van der Waals surface area contributed by atoms with Crippen LogP contribution in [0.3, 0.4) is 0 Å². The van der Waals surface area contributed by atoms with Crippen LogP contribution in [0, 0.1) is 5.92 Å². The van der Waals surface area contributed by atoms with Gasteiger partial charge in [-0.25, -0.2) is 4.99 Å². The molecule has 2 N–H and O–H groups in total. The average Bonchev–Trinajstić information content (AvgIpc) is 3.37. The molecule has 2 unspecified atom stereocenters. The van der Waals surface area contributed by atoms with Crippen molar-refractivity contribution in [2.45, 2.75) is 37.5 Å². The summed E-state index contributed by atoms with van der Waals surface area (Å²) in [4.78, 5) is 22.4. The number of nitrogens with two attached hydrogens (primary N) is 1. The third-order valence-electron chi connectivity index (χ3n) is 6.37. The van der Waals surface area contributed by atoms with Gasteiger partial charge in [0.1, 0.15) is 11.6 Å². The van der Waals surface area contributed by atoms with Crippen LogP contribution < -0.4 is 15.4 Å². The van der Waals surface area contributed by atoms with Crippen molar-refractivity contribution in [2.75, 3.05) is 32.6 Å². The van der Waals surface area contributed by atoms with E-state index in [-0.39, 0.29) is 17.1 Å². The monoisotopic (exact) mass is 478 g/mol. The van der Waals surface area contributed by atoms with Gasteiger partial charge in [0.25, 0.3) is 0 Å². The van der Waals surface area contributed by atoms with Gasteiger partial charge < -0.3 is 20.3 Å². The van der Waals surface area contributed by atoms with E-state index in [2.05, 4.69) is 36.5 Å². The number of allylic oxidation sites excluding steroid dienone is 1. The van der Waals surface area contributed by atoms with Crippen LogP contribution in [-0.2, 0) is 17.8 Å². The molecule has 0 bridgehead atoms. The van der Waals surface area contributed by atoms with E-state index < -0.39 is 0 Å². The van der Waals surface area contributed by atoms with Crippen molar-refractivity contribution < 1.29 is 9.53 Å². The first-order chi connectivity index (χ1) is 16.4. The van der Waals surface area contributed by atoms with Gasteiger partial charge in [-0.05, 0) is 93.2 Å². The molecule has 2 aromatic rings. The van der Waals surface area contributed by atoms with Crippen LogP contribution in [0.25, 0.3) is 0 Å². The molecule has 0 spiro atoms. The number of benzene rings is 2. The lowest BCUT2D eigenvalue weighted by molar-refractivity contribution is -0.123. The minimum atomic E-state index is -0.0307. The Kier molecular flexibility index (Phi) is 7.95. The Hall–Kier alpha value is -2.77. The number of ether oxygens (including phenoxy) is 1. The van der Waals surface area contributed by atoms with E-state index in [9.17, 15) is 4.79 Å². The van der Waals surface area contributed by atoms with E-state index in [0.717, 1.165) is 60.5 Å². The first kappa shape index (κ1) is 24.4. The van der Waals surface area contributed by atoms with E-state index >= 15 is 0 Å². The second kappa shape index (κ2) is 11.1. The Morgan fingerprint density at radius 3 is 2.71 bits per heavy atom. The van der Waals surface area contributed by atoms with Gasteiger partial charge in [-0.3, -0.25) is 4.79 Å². The Bertz CT molecular complexity index is 1060. The summed E-state index contributed by atoms with van der Waals surface area (Å²) in [5.74, 6) is 1.63. The number of thioether (sulfide) groups is 1. The van der Waals surface area contributed by atoms with Crippen LogP contribution in [0.5, 0.6) is 5.75 Å². The molecule has 7 heteroatoms. The minimum absolute atomic E-state index is 0.0307. The Morgan fingerprint density at radius 1 is 1.24 bits per heavy atom. The summed E-state index contributed by atoms with van der Waals surface area (Å²) in [6.07, 6.45) is 5.65. The lowest BCUT2D eigenvalue weighted by atomic mass is 9.87. The number of aliphatic imine (C=N–C) groups is 1. The molecule has 0 saturated heterocycles. The summed E-state index contributed by atoms with van der Waals surface area (Å²) in [6, 6.07) is 14.0. The summed E-state index contributed by atoms with van der Waals surface area (Å²) in [6.45, 7) is 1.51. The van der Waals surface area contributed by atoms with Gasteiger partial charge in [0.15, 0.2) is 0 Å². The number of fused-ring (bicyclic) bond motifs is 1. The molecule has 2 aliphatic heterocycles. The summed E-state index contributed by atoms with van der Waals surface area (Å²) in [5.41, 5.74) is 10.4. The summed E-state index contributed by atoms with van der Waals surface area (Å²) >= 11 is 1.71. The molecule has 1 amide bonds. The van der Waals surface area contributed by atoms with Crippen molar-refractivity contribution in [3.05, 3.63) is 65.1 Å². The number of hydrogen-bond donors (Lipinski definition) is 1. The molecule has 0 aromatic heterocycles. The first-order valence-corrected chi connectivity index (χ1v) is 12.8. The highest BCUT2D eigenvalue weighted by molar-refractivity contribution is 8.03. The number of amidine groups is 1. The predicted molar refractivity (Wildman–Crippen MR) is 142 cm³/mol. The molecule has 0 saturated carbocycles. The molecule has 34 heavy (non-hydrogen) atoms. The molecule has 0 fully saturated rings. The zero-order chi connectivity index (χ0) is 24.1. The number of methoxy groups -OCH3 is 1. The van der Waals surface area contributed by atoms with Gasteiger partial charge in [0.2, 0.25) is 5.91 Å². The van der Waals surface area contributed by atoms with Crippen molar-refractivity contribution >= 4 is 34.9 Å². The highest BCUT2D eigenvalue weighted by atomic mass is 32.2. The number of rotatable bonds is 9. The van der Waals surface area contributed by atoms with Crippen LogP contribution in [-0.4, -0.2) is 49.6 Å². The van der Waals surface area contributed by atoms with E-state index in [4.69, 9.17) is 15.5 Å². The number of anilines is 1. The van der Waals surface area contributed by atoms with Crippen LogP contribution >= 0.6 is 11.8 Å². The van der Waals surface area contributed by atoms with Gasteiger partial charge in [-0.1, -0.05) is 18.2 Å². The fourth-order valence-corrected chi connectivity index (χ4v) is 5.34. The number of amides is 1. The quantitative estimate of drug-likeness (QED) is 0.416. The zero-order valence-electron chi connectivity index (χ0n) is 20.2. The molecule has 2 aliphatic rings. The third-order valence-corrected chi connectivity index (χ3v) is 7.48. The largest absolute Gasteiger partial charge is 0.497 e. The molecule has 6 nitrogen and oxygen atoms in total. The number of carbonyl (C=O) groups is 1. The van der Waals surface area contributed by atoms with E-state index in [1.165, 1.54) is 0 Å². The van der Waals surface area contributed by atoms with Crippen molar-refractivity contribution in [2.24, 2.45) is 16.6 Å². The number of nitrogens with zero attached hydrogens (tertiary/aromatic N) is 3. The molecular formula is C27H34N4O2S. The van der Waals surface area contributed by atoms with Crippen LogP contribution in [0.15, 0.2) is 58.9 Å². The van der Waals surface area contributed by atoms with Crippen molar-refractivity contribution in [1.82, 2.24) is 4.90 Å². The van der Waals surface area contributed by atoms with Crippen LogP contribution in [0.2, 0.25) is 0 Å². The second-order valence-corrected chi connectivity index (χ2v) is 10.3. The lowest BCUT2D eigenvalue weighted by Crippen LogP contribution is -2.41. The normalized spacial score (nSPS) is 20.2. The van der Waals surface area contributed by atoms with Gasteiger partial charge >= 0.3 is 0 Å². The molecule has 0 radical (unpaired) electrons. The second-order valence-electron chi connectivity index (χ2n) is 9.20. The number of hydrogen-bond acceptors (Lipinski definition) is 5. The molecule has 2 atom stereocenters. The van der Waals surface area contributed by atoms with Crippen LogP contribution in [0.4, 0.5) is 11.4 Å². The Labute approximate surface area is 206 Å². The zero-order valence-corrected chi connectivity index (χ0v) is 21.1. The van der Waals surface area contributed by atoms with Gasteiger partial charge in [0, 0.05) is 11.6 Å². The highest BCUT2D eigenvalue weighted by Crippen LogP contribution is 2.36. The fourth-order valence-electron chi connectivity index (χ4n) is 4.51. The summed E-state index contributed by atoms with van der Waals surface area (Å²) < 4.78 is 5.29. The molecule has 0 aliphatic carbocycles. The lowest BCUT2D eigenvalue weighted by Gasteiger charge is -2.35. The maximum atomic E-state index is 13.6. The van der Waals surface area contributed by atoms with Crippen LogP contribution in [0.1, 0.15) is 30.4 Å². The first-order valence-electron chi connectivity index (χ1n) is 11.8. The molecule has 180 valence electrons. The van der Waals surface area contributed by atoms with Crippen molar-refractivity contribution in [3.8, 4) is 5.75 Å². The van der Waals surface area contributed by atoms with E-state index in [1.807, 2.05) is 41.3 Å². The Morgan fingerprint density at radius 2 is 2.03 bits per heavy atom. The SMILES string of the molecule is COc1ccc(CN2C(=O)C(CCCN(C)C)Cc3cc(N=C(N)C4CC=CS4)ccc32)cc1. The molecule has 2 aromatic carbocycles. The molecule has 2 heterocycles. The summed E-state index contributed by atoms with van der Waals surface area (Å²) in [7, 11) is 5.80. The maximum Gasteiger partial charge on any atom is 0.230 e. The third kappa shape index (κ3) is 5.83. The van der Waals surface area contributed by atoms with Gasteiger partial charge in [0.05, 0.1) is 24.6 Å². The number of carbonyl (C=O) groups excluding carboxylic acids is 1. The summed E-state index contributed by atoms with van der Waals surface area (Å²) in [5, 5.41) is 2.30. The fraction of sp³-hybridized carbons (Fsp3) is 0.407. The highest BCUT2D eigenvalue weighted by Gasteiger charge is 2.32. The topological polar surface area (TPSA) is 71.2 Å².